The van der Waals surface area contributed by atoms with Crippen molar-refractivity contribution in [2.75, 3.05) is 26.2 Å². The van der Waals surface area contributed by atoms with E-state index in [0.717, 1.165) is 31.5 Å². The average molecular weight is 406 g/mol. The molecule has 0 aliphatic carbocycles. The van der Waals surface area contributed by atoms with Gasteiger partial charge in [-0.3, -0.25) is 14.4 Å². The number of amides is 3. The molecule has 2 aliphatic rings. The van der Waals surface area contributed by atoms with Crippen molar-refractivity contribution in [3.63, 3.8) is 0 Å². The lowest BCUT2D eigenvalue weighted by molar-refractivity contribution is -0.140. The molecule has 1 atom stereocenters. The van der Waals surface area contributed by atoms with Crippen LogP contribution in [-0.2, 0) is 14.4 Å². The summed E-state index contributed by atoms with van der Waals surface area (Å²) in [5, 5.41) is 3.47. The third-order valence-corrected chi connectivity index (χ3v) is 5.90. The van der Waals surface area contributed by atoms with Gasteiger partial charge in [0.15, 0.2) is 0 Å². The van der Waals surface area contributed by atoms with Crippen molar-refractivity contribution in [3.05, 3.63) is 34.9 Å². The number of rotatable bonds is 5. The summed E-state index contributed by atoms with van der Waals surface area (Å²) in [5.41, 5.74) is 0.854. The second kappa shape index (κ2) is 9.41. The van der Waals surface area contributed by atoms with Gasteiger partial charge in [0, 0.05) is 44.0 Å². The molecule has 152 valence electrons. The van der Waals surface area contributed by atoms with Gasteiger partial charge >= 0.3 is 0 Å². The molecule has 28 heavy (non-hydrogen) atoms. The standard InChI is InChI=1S/C21H28ClN3O3/c1-15(26)23-19(16-4-6-18(22)7-5-16)14-20(27)24-12-8-17(9-13-24)21(28)25-10-2-3-11-25/h4-7,17,19H,2-3,8-14H2,1H3,(H,23,26). The maximum Gasteiger partial charge on any atom is 0.225 e. The molecule has 6 nitrogen and oxygen atoms in total. The third kappa shape index (κ3) is 5.25. The molecule has 0 aromatic heterocycles. The van der Waals surface area contributed by atoms with E-state index in [2.05, 4.69) is 5.32 Å². The lowest BCUT2D eigenvalue weighted by atomic mass is 9.94. The number of benzene rings is 1. The highest BCUT2D eigenvalue weighted by atomic mass is 35.5. The molecule has 2 aliphatic heterocycles. The van der Waals surface area contributed by atoms with E-state index in [-0.39, 0.29) is 36.1 Å². The van der Waals surface area contributed by atoms with Gasteiger partial charge in [-0.25, -0.2) is 0 Å². The van der Waals surface area contributed by atoms with E-state index >= 15 is 0 Å². The highest BCUT2D eigenvalue weighted by molar-refractivity contribution is 6.30. The molecule has 3 rings (SSSR count). The Bertz CT molecular complexity index is 708. The second-order valence-electron chi connectivity index (χ2n) is 7.70. The minimum absolute atomic E-state index is 0.000714. The zero-order valence-electron chi connectivity index (χ0n) is 16.3. The van der Waals surface area contributed by atoms with Crippen LogP contribution in [0.1, 0.15) is 50.6 Å². The van der Waals surface area contributed by atoms with Crippen molar-refractivity contribution in [3.8, 4) is 0 Å². The fourth-order valence-electron chi connectivity index (χ4n) is 4.07. The average Bonchev–Trinajstić information content (AvgIpc) is 3.22. The number of piperidine rings is 1. The first-order valence-corrected chi connectivity index (χ1v) is 10.4. The molecule has 0 saturated carbocycles. The molecule has 1 N–H and O–H groups in total. The highest BCUT2D eigenvalue weighted by Gasteiger charge is 2.32. The quantitative estimate of drug-likeness (QED) is 0.818. The highest BCUT2D eigenvalue weighted by Crippen LogP contribution is 2.25. The molecule has 2 saturated heterocycles. The molecule has 2 heterocycles. The summed E-state index contributed by atoms with van der Waals surface area (Å²) < 4.78 is 0. The Morgan fingerprint density at radius 2 is 1.64 bits per heavy atom. The van der Waals surface area contributed by atoms with Gasteiger partial charge in [0.1, 0.15) is 0 Å². The van der Waals surface area contributed by atoms with E-state index in [4.69, 9.17) is 11.6 Å². The van der Waals surface area contributed by atoms with Crippen molar-refractivity contribution >= 4 is 29.3 Å². The Hall–Kier alpha value is -2.08. The number of nitrogens with one attached hydrogen (secondary N) is 1. The molecule has 0 radical (unpaired) electrons. The van der Waals surface area contributed by atoms with E-state index in [0.29, 0.717) is 31.0 Å². The molecule has 3 amide bonds. The summed E-state index contributed by atoms with van der Waals surface area (Å²) in [6.45, 7) is 4.38. The van der Waals surface area contributed by atoms with Gasteiger partial charge in [-0.2, -0.15) is 0 Å². The minimum atomic E-state index is -0.383. The van der Waals surface area contributed by atoms with Crippen LogP contribution in [0, 0.1) is 5.92 Å². The monoisotopic (exact) mass is 405 g/mol. The Morgan fingerprint density at radius 1 is 1.04 bits per heavy atom. The number of hydrogen-bond donors (Lipinski definition) is 1. The van der Waals surface area contributed by atoms with Crippen molar-refractivity contribution < 1.29 is 14.4 Å². The van der Waals surface area contributed by atoms with Crippen LogP contribution in [0.5, 0.6) is 0 Å². The van der Waals surface area contributed by atoms with Crippen LogP contribution in [0.25, 0.3) is 0 Å². The Kier molecular flexibility index (Phi) is 6.94. The molecule has 2 fully saturated rings. The number of hydrogen-bond acceptors (Lipinski definition) is 3. The Balaban J connectivity index is 1.56. The van der Waals surface area contributed by atoms with Gasteiger partial charge in [-0.05, 0) is 43.4 Å². The van der Waals surface area contributed by atoms with Crippen LogP contribution in [0.15, 0.2) is 24.3 Å². The van der Waals surface area contributed by atoms with Crippen LogP contribution < -0.4 is 5.32 Å². The lowest BCUT2D eigenvalue weighted by Gasteiger charge is -2.34. The minimum Gasteiger partial charge on any atom is -0.349 e. The predicted octanol–water partition coefficient (Wildman–Crippen LogP) is 2.77. The molecular weight excluding hydrogens is 378 g/mol. The van der Waals surface area contributed by atoms with Gasteiger partial charge in [0.2, 0.25) is 17.7 Å². The van der Waals surface area contributed by atoms with E-state index in [1.54, 1.807) is 12.1 Å². The van der Waals surface area contributed by atoms with Crippen LogP contribution in [0.3, 0.4) is 0 Å². The number of nitrogens with zero attached hydrogens (tertiary/aromatic N) is 2. The first kappa shape index (κ1) is 20.6. The molecule has 1 aromatic carbocycles. The van der Waals surface area contributed by atoms with Crippen LogP contribution >= 0.6 is 11.6 Å². The van der Waals surface area contributed by atoms with E-state index in [1.807, 2.05) is 21.9 Å². The van der Waals surface area contributed by atoms with Gasteiger partial charge in [-0.15, -0.1) is 0 Å². The topological polar surface area (TPSA) is 69.7 Å². The van der Waals surface area contributed by atoms with Crippen LogP contribution in [0.4, 0.5) is 0 Å². The fraction of sp³-hybridized carbons (Fsp3) is 0.571. The molecule has 1 unspecified atom stereocenters. The van der Waals surface area contributed by atoms with Crippen molar-refractivity contribution in [2.45, 2.75) is 45.1 Å². The molecular formula is C21H28ClN3O3. The van der Waals surface area contributed by atoms with E-state index in [9.17, 15) is 14.4 Å². The number of carbonyl (C=O) groups excluding carboxylic acids is 3. The molecule has 7 heteroatoms. The first-order chi connectivity index (χ1) is 13.4. The maximum atomic E-state index is 12.8. The number of halogens is 1. The summed E-state index contributed by atoms with van der Waals surface area (Å²) in [4.78, 5) is 40.7. The van der Waals surface area contributed by atoms with Gasteiger partial charge < -0.3 is 15.1 Å². The molecule has 0 spiro atoms. The summed E-state index contributed by atoms with van der Waals surface area (Å²) in [7, 11) is 0. The van der Waals surface area contributed by atoms with Crippen molar-refractivity contribution in [1.82, 2.24) is 15.1 Å². The van der Waals surface area contributed by atoms with Crippen LogP contribution in [0.2, 0.25) is 5.02 Å². The number of likely N-dealkylation sites (tertiary alicyclic amines) is 2. The van der Waals surface area contributed by atoms with Gasteiger partial charge in [0.05, 0.1) is 12.5 Å². The van der Waals surface area contributed by atoms with Gasteiger partial charge in [0.25, 0.3) is 0 Å². The first-order valence-electron chi connectivity index (χ1n) is 10.0. The summed E-state index contributed by atoms with van der Waals surface area (Å²) in [6.07, 6.45) is 3.82. The predicted molar refractivity (Wildman–Crippen MR) is 108 cm³/mol. The van der Waals surface area contributed by atoms with E-state index < -0.39 is 0 Å². The normalized spacial score (nSPS) is 18.8. The van der Waals surface area contributed by atoms with Crippen molar-refractivity contribution in [2.24, 2.45) is 5.92 Å². The van der Waals surface area contributed by atoms with Crippen molar-refractivity contribution in [1.29, 1.82) is 0 Å². The third-order valence-electron chi connectivity index (χ3n) is 5.64. The van der Waals surface area contributed by atoms with E-state index in [1.165, 1.54) is 6.92 Å². The molecule has 1 aromatic rings. The Morgan fingerprint density at radius 3 is 2.21 bits per heavy atom. The zero-order chi connectivity index (χ0) is 20.1. The number of carbonyl (C=O) groups is 3. The van der Waals surface area contributed by atoms with Gasteiger partial charge in [-0.1, -0.05) is 23.7 Å². The largest absolute Gasteiger partial charge is 0.349 e. The SMILES string of the molecule is CC(=O)NC(CC(=O)N1CCC(C(=O)N2CCCC2)CC1)c1ccc(Cl)cc1. The summed E-state index contributed by atoms with van der Waals surface area (Å²) in [6, 6.07) is 6.79. The maximum absolute atomic E-state index is 12.8. The zero-order valence-corrected chi connectivity index (χ0v) is 17.1. The Labute approximate surface area is 171 Å². The second-order valence-corrected chi connectivity index (χ2v) is 8.13. The fourth-order valence-corrected chi connectivity index (χ4v) is 4.19. The summed E-state index contributed by atoms with van der Waals surface area (Å²) >= 11 is 5.94. The lowest BCUT2D eigenvalue weighted by Crippen LogP contribution is -2.44. The van der Waals surface area contributed by atoms with Crippen LogP contribution in [-0.4, -0.2) is 53.7 Å². The smallest absolute Gasteiger partial charge is 0.225 e. The summed E-state index contributed by atoms with van der Waals surface area (Å²) in [5.74, 6) is 0.106. The molecule has 0 bridgehead atoms.